The molecule has 0 spiro atoms. The molecule has 6 nitrogen and oxygen atoms in total. The van der Waals surface area contributed by atoms with Crippen LogP contribution in [-0.2, 0) is 6.18 Å². The number of benzene rings is 2. The zero-order valence-corrected chi connectivity index (χ0v) is 14.2. The van der Waals surface area contributed by atoms with E-state index >= 15 is 0 Å². The van der Waals surface area contributed by atoms with Gasteiger partial charge in [-0.05, 0) is 24.3 Å². The monoisotopic (exact) mass is 387 g/mol. The van der Waals surface area contributed by atoms with Gasteiger partial charge in [-0.25, -0.2) is 9.97 Å². The van der Waals surface area contributed by atoms with Crippen molar-refractivity contribution in [1.82, 2.24) is 20.2 Å². The Kier molecular flexibility index (Phi) is 4.26. The lowest BCUT2D eigenvalue weighted by atomic mass is 10.1. The van der Waals surface area contributed by atoms with Gasteiger partial charge in [0.2, 0.25) is 5.89 Å². The normalized spacial score (nSPS) is 11.5. The van der Waals surface area contributed by atoms with Gasteiger partial charge in [0.15, 0.2) is 11.5 Å². The number of rotatable bonds is 3. The van der Waals surface area contributed by atoms with Crippen LogP contribution in [-0.4, -0.2) is 20.2 Å². The maximum Gasteiger partial charge on any atom is 0.416 e. The third-order valence-corrected chi connectivity index (χ3v) is 3.93. The highest BCUT2D eigenvalue weighted by Crippen LogP contribution is 2.33. The second-order valence-corrected chi connectivity index (χ2v) is 5.85. The first-order valence-corrected chi connectivity index (χ1v) is 8.11. The zero-order chi connectivity index (χ0) is 19.7. The fourth-order valence-electron chi connectivity index (χ4n) is 2.57. The molecule has 0 aliphatic carbocycles. The average Bonchev–Trinajstić information content (AvgIpc) is 3.18. The van der Waals surface area contributed by atoms with Crippen molar-refractivity contribution in [1.29, 1.82) is 0 Å². The summed E-state index contributed by atoms with van der Waals surface area (Å²) in [5.41, 5.74) is 6.34. The van der Waals surface area contributed by atoms with E-state index in [-0.39, 0.29) is 37.4 Å². The molecular formula is C19H16F3N5O. The van der Waals surface area contributed by atoms with E-state index in [1.165, 1.54) is 18.3 Å². The number of hydrogen-bond donors (Lipinski definition) is 1. The molecule has 0 fully saturated rings. The molecular weight excluding hydrogens is 371 g/mol. The molecule has 0 atom stereocenters. The predicted molar refractivity (Wildman–Crippen MR) is 99.8 cm³/mol. The van der Waals surface area contributed by atoms with Crippen molar-refractivity contribution in [3.8, 4) is 34.3 Å². The zero-order valence-electron chi connectivity index (χ0n) is 14.2. The Morgan fingerprint density at radius 3 is 2.36 bits per heavy atom. The van der Waals surface area contributed by atoms with E-state index in [0.29, 0.717) is 5.56 Å². The maximum absolute atomic E-state index is 13.0. The molecule has 28 heavy (non-hydrogen) atoms. The number of anilines is 1. The summed E-state index contributed by atoms with van der Waals surface area (Å²) in [6.07, 6.45) is -3.17. The summed E-state index contributed by atoms with van der Waals surface area (Å²) >= 11 is 0. The van der Waals surface area contributed by atoms with Gasteiger partial charge in [-0.2, -0.15) is 13.2 Å². The summed E-state index contributed by atoms with van der Waals surface area (Å²) < 4.78 is 44.5. The van der Waals surface area contributed by atoms with Crippen LogP contribution in [0.15, 0.2) is 65.2 Å². The van der Waals surface area contributed by atoms with Crippen LogP contribution in [0, 0.1) is 0 Å². The van der Waals surface area contributed by atoms with Gasteiger partial charge in [0.25, 0.3) is 5.89 Å². The van der Waals surface area contributed by atoms with E-state index in [2.05, 4.69) is 20.2 Å². The number of aromatic nitrogens is 4. The average molecular weight is 387 g/mol. The number of hydrogen-bond acceptors (Lipinski definition) is 6. The van der Waals surface area contributed by atoms with Gasteiger partial charge in [-0.1, -0.05) is 30.3 Å². The summed E-state index contributed by atoms with van der Waals surface area (Å²) in [7, 11) is 0. The highest BCUT2D eigenvalue weighted by atomic mass is 19.4. The van der Waals surface area contributed by atoms with Crippen molar-refractivity contribution in [3.63, 3.8) is 0 Å². The van der Waals surface area contributed by atoms with Gasteiger partial charge in [-0.15, -0.1) is 10.2 Å². The van der Waals surface area contributed by atoms with E-state index in [0.717, 1.165) is 12.1 Å². The molecule has 4 aromatic rings. The van der Waals surface area contributed by atoms with Crippen LogP contribution in [0.4, 0.5) is 19.0 Å². The van der Waals surface area contributed by atoms with Crippen LogP contribution in [0.1, 0.15) is 8.42 Å². The second-order valence-electron chi connectivity index (χ2n) is 5.85. The molecule has 2 N–H and O–H groups in total. The second kappa shape index (κ2) is 6.76. The summed E-state index contributed by atoms with van der Waals surface area (Å²) in [6, 6.07) is 13.9. The first kappa shape index (κ1) is 17.7. The molecule has 9 heteroatoms. The standard InChI is InChI=1S/C19H12F3N5O.2H2/c20-19(21,22)13-8-4-7-12(9-13)14-10-24-16(23)15(25-14)18-27-26-17(28-18)11-5-2-1-3-6-11;;/h1-10H,(H2,23,24);2*1H. The largest absolute Gasteiger partial charge is 0.416 e. The lowest BCUT2D eigenvalue weighted by Crippen LogP contribution is -2.05. The van der Waals surface area contributed by atoms with Crippen LogP contribution in [0.3, 0.4) is 0 Å². The Bertz CT molecular complexity index is 1140. The van der Waals surface area contributed by atoms with Crippen molar-refractivity contribution in [2.45, 2.75) is 6.18 Å². The van der Waals surface area contributed by atoms with Crippen molar-refractivity contribution in [2.24, 2.45) is 0 Å². The molecule has 0 aliphatic rings. The third kappa shape index (κ3) is 3.41. The number of alkyl halides is 3. The van der Waals surface area contributed by atoms with Gasteiger partial charge in [0.05, 0.1) is 17.5 Å². The van der Waals surface area contributed by atoms with Gasteiger partial charge in [0, 0.05) is 14.0 Å². The number of nitrogen functional groups attached to an aromatic ring is 1. The third-order valence-electron chi connectivity index (χ3n) is 3.93. The van der Waals surface area contributed by atoms with E-state index in [9.17, 15) is 13.2 Å². The summed E-state index contributed by atoms with van der Waals surface area (Å²) in [5, 5.41) is 7.90. The maximum atomic E-state index is 13.0. The Morgan fingerprint density at radius 1 is 0.893 bits per heavy atom. The molecule has 0 aliphatic heterocycles. The lowest BCUT2D eigenvalue weighted by Gasteiger charge is -2.09. The fourth-order valence-corrected chi connectivity index (χ4v) is 2.57. The van der Waals surface area contributed by atoms with Gasteiger partial charge < -0.3 is 10.2 Å². The highest BCUT2D eigenvalue weighted by Gasteiger charge is 2.30. The summed E-state index contributed by atoms with van der Waals surface area (Å²) in [6.45, 7) is 0. The van der Waals surface area contributed by atoms with Crippen LogP contribution in [0.5, 0.6) is 0 Å². The van der Waals surface area contributed by atoms with Crippen molar-refractivity contribution in [3.05, 3.63) is 66.4 Å². The number of nitrogens with zero attached hydrogens (tertiary/aromatic N) is 4. The molecule has 144 valence electrons. The summed E-state index contributed by atoms with van der Waals surface area (Å²) in [4.78, 5) is 8.30. The van der Waals surface area contributed by atoms with Crippen LogP contribution >= 0.6 is 0 Å². The molecule has 2 heterocycles. The quantitative estimate of drug-likeness (QED) is 0.535. The SMILES string of the molecule is Nc1ncc(-c2cccc(C(F)(F)F)c2)nc1-c1nnc(-c2ccccc2)o1.[HH].[HH]. The Hall–Kier alpha value is -3.75. The Morgan fingerprint density at radius 2 is 1.61 bits per heavy atom. The molecule has 0 unspecified atom stereocenters. The Labute approximate surface area is 159 Å². The minimum Gasteiger partial charge on any atom is -0.414 e. The minimum absolute atomic E-state index is 0. The minimum atomic E-state index is -4.46. The number of halogens is 3. The van der Waals surface area contributed by atoms with E-state index < -0.39 is 11.7 Å². The molecule has 0 saturated carbocycles. The molecule has 0 saturated heterocycles. The number of nitrogens with two attached hydrogens (primary N) is 1. The highest BCUT2D eigenvalue weighted by molar-refractivity contribution is 5.69. The smallest absolute Gasteiger partial charge is 0.414 e. The fraction of sp³-hybridized carbons (Fsp3) is 0.0526. The first-order chi connectivity index (χ1) is 13.4. The van der Waals surface area contributed by atoms with Gasteiger partial charge in [-0.3, -0.25) is 0 Å². The first-order valence-electron chi connectivity index (χ1n) is 8.11. The van der Waals surface area contributed by atoms with Gasteiger partial charge >= 0.3 is 6.18 Å². The topological polar surface area (TPSA) is 90.7 Å². The van der Waals surface area contributed by atoms with Crippen LogP contribution < -0.4 is 5.73 Å². The van der Waals surface area contributed by atoms with E-state index in [4.69, 9.17) is 10.2 Å². The molecule has 0 amide bonds. The molecule has 0 radical (unpaired) electrons. The molecule has 2 aromatic carbocycles. The molecule has 0 bridgehead atoms. The van der Waals surface area contributed by atoms with Crippen LogP contribution in [0.2, 0.25) is 0 Å². The summed E-state index contributed by atoms with van der Waals surface area (Å²) in [5.74, 6) is 0.318. The van der Waals surface area contributed by atoms with E-state index in [1.54, 1.807) is 12.1 Å². The predicted octanol–water partition coefficient (Wildman–Crippen LogP) is 4.95. The molecule has 2 aromatic heterocycles. The van der Waals surface area contributed by atoms with Gasteiger partial charge in [0.1, 0.15) is 0 Å². The van der Waals surface area contributed by atoms with E-state index in [1.807, 2.05) is 18.2 Å². The Balaban J connectivity index is 0.00000160. The van der Waals surface area contributed by atoms with Crippen molar-refractivity contribution >= 4 is 5.82 Å². The molecule has 4 rings (SSSR count). The van der Waals surface area contributed by atoms with Crippen molar-refractivity contribution < 1.29 is 20.4 Å². The lowest BCUT2D eigenvalue weighted by molar-refractivity contribution is -0.137. The van der Waals surface area contributed by atoms with Crippen molar-refractivity contribution in [2.75, 3.05) is 5.73 Å². The van der Waals surface area contributed by atoms with Crippen LogP contribution in [0.25, 0.3) is 34.3 Å².